The summed E-state index contributed by atoms with van der Waals surface area (Å²) in [6.45, 7) is 5.06. The van der Waals surface area contributed by atoms with E-state index in [2.05, 4.69) is 24.9 Å². The van der Waals surface area contributed by atoms with Crippen LogP contribution in [-0.2, 0) is 6.54 Å². The van der Waals surface area contributed by atoms with Crippen molar-refractivity contribution in [2.24, 2.45) is 11.7 Å². The lowest BCUT2D eigenvalue weighted by Crippen LogP contribution is -1.98. The Hall–Kier alpha value is -0.540. The lowest BCUT2D eigenvalue weighted by Gasteiger charge is -2.06. The molecule has 1 aromatic rings. The van der Waals surface area contributed by atoms with Crippen LogP contribution in [0.3, 0.4) is 0 Å². The van der Waals surface area contributed by atoms with Gasteiger partial charge in [0.2, 0.25) is 0 Å². The summed E-state index contributed by atoms with van der Waals surface area (Å²) in [5.41, 5.74) is 6.59. The van der Waals surface area contributed by atoms with E-state index in [0.29, 0.717) is 6.54 Å². The fourth-order valence-electron chi connectivity index (χ4n) is 0.963. The van der Waals surface area contributed by atoms with E-state index >= 15 is 0 Å². The number of thioether (sulfide) groups is 1. The number of hydrogen-bond donors (Lipinski definition) is 1. The highest BCUT2D eigenvalue weighted by molar-refractivity contribution is 7.99. The van der Waals surface area contributed by atoms with Crippen molar-refractivity contribution < 1.29 is 0 Å². The largest absolute Gasteiger partial charge is 0.326 e. The average Bonchev–Trinajstić information content (AvgIpc) is 2.26. The minimum Gasteiger partial charge on any atom is -0.326 e. The molecule has 0 radical (unpaired) electrons. The van der Waals surface area contributed by atoms with Crippen LogP contribution in [0.4, 0.5) is 0 Å². The second kappa shape index (κ2) is 6.04. The van der Waals surface area contributed by atoms with Gasteiger partial charge in [0, 0.05) is 18.5 Å². The molecule has 0 aliphatic heterocycles. The van der Waals surface area contributed by atoms with E-state index in [1.165, 1.54) is 6.42 Å². The molecule has 78 valence electrons. The van der Waals surface area contributed by atoms with E-state index in [1.807, 2.05) is 24.0 Å². The highest BCUT2D eigenvalue weighted by Crippen LogP contribution is 2.19. The summed E-state index contributed by atoms with van der Waals surface area (Å²) in [6, 6.07) is 4.10. The number of hydrogen-bond acceptors (Lipinski definition) is 3. The molecule has 0 spiro atoms. The molecule has 0 aliphatic rings. The van der Waals surface area contributed by atoms with Crippen LogP contribution in [-0.4, -0.2) is 10.7 Å². The zero-order valence-corrected chi connectivity index (χ0v) is 9.68. The summed E-state index contributed by atoms with van der Waals surface area (Å²) < 4.78 is 0. The summed E-state index contributed by atoms with van der Waals surface area (Å²) in [5.74, 6) is 1.90. The minimum absolute atomic E-state index is 0.573. The van der Waals surface area contributed by atoms with Gasteiger partial charge < -0.3 is 5.73 Å². The first-order valence-electron chi connectivity index (χ1n) is 5.04. The summed E-state index contributed by atoms with van der Waals surface area (Å²) in [5, 5.41) is 1.10. The molecule has 0 aromatic carbocycles. The number of nitrogens with two attached hydrogens (primary N) is 1. The van der Waals surface area contributed by atoms with Crippen molar-refractivity contribution >= 4 is 11.8 Å². The molecule has 0 aliphatic carbocycles. The summed E-state index contributed by atoms with van der Waals surface area (Å²) in [7, 11) is 0. The van der Waals surface area contributed by atoms with Crippen molar-refractivity contribution in [1.82, 2.24) is 4.98 Å². The number of nitrogens with zero attached hydrogens (tertiary/aromatic N) is 1. The molecule has 1 atom stereocenters. The van der Waals surface area contributed by atoms with E-state index in [9.17, 15) is 0 Å². The fraction of sp³-hybridized carbons (Fsp3) is 0.545. The predicted molar refractivity (Wildman–Crippen MR) is 62.3 cm³/mol. The third kappa shape index (κ3) is 3.68. The molecule has 3 heteroatoms. The molecule has 14 heavy (non-hydrogen) atoms. The molecule has 1 aromatic heterocycles. The number of pyridine rings is 1. The molecule has 1 rings (SSSR count). The molecular formula is C11H18N2S. The Labute approximate surface area is 90.3 Å². The van der Waals surface area contributed by atoms with E-state index in [1.54, 1.807) is 0 Å². The van der Waals surface area contributed by atoms with Gasteiger partial charge in [0.15, 0.2) is 0 Å². The van der Waals surface area contributed by atoms with E-state index in [4.69, 9.17) is 5.73 Å². The van der Waals surface area contributed by atoms with Crippen LogP contribution in [0.15, 0.2) is 23.4 Å². The highest BCUT2D eigenvalue weighted by Gasteiger charge is 2.01. The molecule has 1 unspecified atom stereocenters. The Morgan fingerprint density at radius 1 is 1.50 bits per heavy atom. The third-order valence-corrected chi connectivity index (χ3v) is 3.52. The van der Waals surface area contributed by atoms with Gasteiger partial charge in [-0.3, -0.25) is 0 Å². The number of aromatic nitrogens is 1. The van der Waals surface area contributed by atoms with Crippen LogP contribution in [0.5, 0.6) is 0 Å². The second-order valence-corrected chi connectivity index (χ2v) is 4.57. The Morgan fingerprint density at radius 3 is 2.79 bits per heavy atom. The van der Waals surface area contributed by atoms with Gasteiger partial charge in [0.25, 0.3) is 0 Å². The summed E-state index contributed by atoms with van der Waals surface area (Å²) >= 11 is 1.82. The maximum atomic E-state index is 5.50. The van der Waals surface area contributed by atoms with Crippen LogP contribution < -0.4 is 5.73 Å². The van der Waals surface area contributed by atoms with Gasteiger partial charge in [0.05, 0.1) is 5.03 Å². The Balaban J connectivity index is 2.43. The van der Waals surface area contributed by atoms with Crippen molar-refractivity contribution in [3.8, 4) is 0 Å². The van der Waals surface area contributed by atoms with Crippen molar-refractivity contribution in [3.05, 3.63) is 23.9 Å². The average molecular weight is 210 g/mol. The van der Waals surface area contributed by atoms with Crippen molar-refractivity contribution in [2.45, 2.75) is 31.8 Å². The number of rotatable bonds is 5. The lowest BCUT2D eigenvalue weighted by molar-refractivity contribution is 0.636. The Morgan fingerprint density at radius 2 is 2.29 bits per heavy atom. The molecule has 0 bridgehead atoms. The summed E-state index contributed by atoms with van der Waals surface area (Å²) in [6.07, 6.45) is 3.09. The third-order valence-electron chi connectivity index (χ3n) is 2.25. The maximum absolute atomic E-state index is 5.50. The molecule has 2 N–H and O–H groups in total. The molecule has 2 nitrogen and oxygen atoms in total. The van der Waals surface area contributed by atoms with Gasteiger partial charge in [-0.2, -0.15) is 0 Å². The zero-order chi connectivity index (χ0) is 10.4. The standard InChI is InChI=1S/C11H18N2S/c1-3-9(2)8-14-11-5-4-10(6-12)7-13-11/h4-5,7,9H,3,6,8,12H2,1-2H3. The highest BCUT2D eigenvalue weighted by atomic mass is 32.2. The van der Waals surface area contributed by atoms with Gasteiger partial charge >= 0.3 is 0 Å². The van der Waals surface area contributed by atoms with Crippen LogP contribution in [0.2, 0.25) is 0 Å². The van der Waals surface area contributed by atoms with Gasteiger partial charge in [0.1, 0.15) is 0 Å². The van der Waals surface area contributed by atoms with Gasteiger partial charge in [-0.05, 0) is 17.5 Å². The molecular weight excluding hydrogens is 192 g/mol. The molecule has 1 heterocycles. The lowest BCUT2D eigenvalue weighted by atomic mass is 10.2. The first kappa shape index (κ1) is 11.5. The normalized spacial score (nSPS) is 12.8. The first-order valence-corrected chi connectivity index (χ1v) is 6.02. The van der Waals surface area contributed by atoms with Crippen LogP contribution in [0.25, 0.3) is 0 Å². The minimum atomic E-state index is 0.573. The smallest absolute Gasteiger partial charge is 0.0960 e. The van der Waals surface area contributed by atoms with E-state index < -0.39 is 0 Å². The summed E-state index contributed by atoms with van der Waals surface area (Å²) in [4.78, 5) is 4.34. The van der Waals surface area contributed by atoms with Gasteiger partial charge in [-0.1, -0.05) is 26.3 Å². The zero-order valence-electron chi connectivity index (χ0n) is 8.86. The topological polar surface area (TPSA) is 38.9 Å². The second-order valence-electron chi connectivity index (χ2n) is 3.53. The van der Waals surface area contributed by atoms with E-state index in [-0.39, 0.29) is 0 Å². The predicted octanol–water partition coefficient (Wildman–Crippen LogP) is 2.68. The maximum Gasteiger partial charge on any atom is 0.0960 e. The van der Waals surface area contributed by atoms with Crippen molar-refractivity contribution in [1.29, 1.82) is 0 Å². The SMILES string of the molecule is CCC(C)CSc1ccc(CN)cn1. The molecule has 0 saturated carbocycles. The Bertz CT molecular complexity index is 258. The van der Waals surface area contributed by atoms with Crippen LogP contribution in [0.1, 0.15) is 25.8 Å². The quantitative estimate of drug-likeness (QED) is 0.759. The molecule has 0 amide bonds. The van der Waals surface area contributed by atoms with Gasteiger partial charge in [-0.25, -0.2) is 4.98 Å². The Kier molecular flexibility index (Phi) is 4.98. The van der Waals surface area contributed by atoms with Gasteiger partial charge in [-0.15, -0.1) is 11.8 Å². The van der Waals surface area contributed by atoms with Crippen LogP contribution >= 0.6 is 11.8 Å². The molecule has 0 fully saturated rings. The monoisotopic (exact) mass is 210 g/mol. The fourth-order valence-corrected chi connectivity index (χ4v) is 1.95. The molecule has 0 saturated heterocycles. The van der Waals surface area contributed by atoms with Crippen molar-refractivity contribution in [3.63, 3.8) is 0 Å². The van der Waals surface area contributed by atoms with Crippen molar-refractivity contribution in [2.75, 3.05) is 5.75 Å². The van der Waals surface area contributed by atoms with E-state index in [0.717, 1.165) is 22.3 Å². The first-order chi connectivity index (χ1) is 6.76. The van der Waals surface area contributed by atoms with Crippen LogP contribution in [0, 0.1) is 5.92 Å².